The van der Waals surface area contributed by atoms with Gasteiger partial charge in [0.05, 0.1) is 6.54 Å². The van der Waals surface area contributed by atoms with Crippen molar-refractivity contribution in [3.63, 3.8) is 0 Å². The minimum Gasteiger partial charge on any atom is -0.300 e. The van der Waals surface area contributed by atoms with Crippen molar-refractivity contribution in [2.45, 2.75) is 12.3 Å². The number of hydrogen-bond acceptors (Lipinski definition) is 1. The molecule has 1 rings (SSSR count). The summed E-state index contributed by atoms with van der Waals surface area (Å²) in [5, 5.41) is 0. The molecule has 3 heteroatoms. The van der Waals surface area contributed by atoms with Gasteiger partial charge in [0, 0.05) is 13.0 Å². The van der Waals surface area contributed by atoms with Gasteiger partial charge in [-0.2, -0.15) is 0 Å². The zero-order valence-electron chi connectivity index (χ0n) is 5.40. The molecule has 0 spiro atoms. The monoisotopic (exact) mass is 134 g/mol. The van der Waals surface area contributed by atoms with Crippen LogP contribution >= 0.6 is 0 Å². The molecule has 0 aromatic rings. The Balaban J connectivity index is 2.41. The summed E-state index contributed by atoms with van der Waals surface area (Å²) in [7, 11) is 1.70. The summed E-state index contributed by atoms with van der Waals surface area (Å²) >= 11 is 0. The third-order valence-electron chi connectivity index (χ3n) is 1.38. The van der Waals surface area contributed by atoms with Gasteiger partial charge < -0.3 is 4.90 Å². The molecule has 0 unspecified atom stereocenters. The second kappa shape index (κ2) is 2.21. The molecule has 0 aromatic heterocycles. The molecule has 0 atom stereocenters. The van der Waals surface area contributed by atoms with Gasteiger partial charge in [-0.25, -0.2) is 8.78 Å². The Morgan fingerprint density at radius 2 is 2.22 bits per heavy atom. The first kappa shape index (κ1) is 6.93. The first-order valence-corrected chi connectivity index (χ1v) is 2.98. The average Bonchev–Trinajstić information content (AvgIpc) is 1.60. The van der Waals surface area contributed by atoms with E-state index in [0.29, 0.717) is 6.54 Å². The highest BCUT2D eigenvalue weighted by Crippen LogP contribution is 2.24. The molecule has 0 aliphatic carbocycles. The number of nitrogens with zero attached hydrogens (tertiary/aromatic N) is 1. The summed E-state index contributed by atoms with van der Waals surface area (Å²) < 4.78 is 24.8. The fraction of sp³-hybridized carbons (Fsp3) is 0.833. The van der Waals surface area contributed by atoms with Crippen molar-refractivity contribution in [2.75, 3.05) is 20.1 Å². The van der Waals surface area contributed by atoms with Crippen LogP contribution in [0.3, 0.4) is 0 Å². The predicted octanol–water partition coefficient (Wildman–Crippen LogP) is 1.16. The lowest BCUT2D eigenvalue weighted by molar-refractivity contribution is -0.0413. The Bertz CT molecular complexity index is 103. The van der Waals surface area contributed by atoms with Crippen LogP contribution in [0.1, 0.15) is 6.42 Å². The normalized spacial score (nSPS) is 28.3. The molecule has 1 saturated heterocycles. The summed E-state index contributed by atoms with van der Waals surface area (Å²) in [6.07, 6.45) is 1.56. The van der Waals surface area contributed by atoms with E-state index in [-0.39, 0.29) is 13.0 Å². The largest absolute Gasteiger partial charge is 0.300 e. The lowest BCUT2D eigenvalue weighted by Crippen LogP contribution is -2.40. The maximum absolute atomic E-state index is 12.4. The lowest BCUT2D eigenvalue weighted by atomic mass is 10.1. The van der Waals surface area contributed by atoms with E-state index >= 15 is 0 Å². The van der Waals surface area contributed by atoms with Gasteiger partial charge in [-0.1, -0.05) is 0 Å². The molecule has 0 saturated carbocycles. The first-order valence-electron chi connectivity index (χ1n) is 2.98. The quantitative estimate of drug-likeness (QED) is 0.480. The second-order valence-corrected chi connectivity index (χ2v) is 2.55. The zero-order chi connectivity index (χ0) is 6.91. The number of halogens is 2. The zero-order valence-corrected chi connectivity index (χ0v) is 5.40. The van der Waals surface area contributed by atoms with Crippen LogP contribution in [-0.4, -0.2) is 31.0 Å². The van der Waals surface area contributed by atoms with Crippen LogP contribution < -0.4 is 0 Å². The fourth-order valence-electron chi connectivity index (χ4n) is 1.02. The molecule has 1 heterocycles. The summed E-state index contributed by atoms with van der Waals surface area (Å²) in [5.41, 5.74) is 0. The maximum atomic E-state index is 12.4. The topological polar surface area (TPSA) is 3.24 Å². The summed E-state index contributed by atoms with van der Waals surface area (Å²) in [6, 6.07) is 0. The molecule has 0 aromatic carbocycles. The van der Waals surface area contributed by atoms with Crippen molar-refractivity contribution in [3.05, 3.63) is 6.42 Å². The SMILES string of the molecule is CN1C[CH]CC(F)(F)C1. The highest BCUT2D eigenvalue weighted by Gasteiger charge is 2.33. The molecule has 53 valence electrons. The molecule has 0 bridgehead atoms. The van der Waals surface area contributed by atoms with Crippen molar-refractivity contribution in [3.8, 4) is 0 Å². The van der Waals surface area contributed by atoms with Gasteiger partial charge >= 0.3 is 0 Å². The molecule has 0 N–H and O–H groups in total. The highest BCUT2D eigenvalue weighted by molar-refractivity contribution is 4.86. The van der Waals surface area contributed by atoms with E-state index < -0.39 is 5.92 Å². The van der Waals surface area contributed by atoms with Crippen LogP contribution in [0.5, 0.6) is 0 Å². The number of alkyl halides is 2. The minimum atomic E-state index is -2.48. The van der Waals surface area contributed by atoms with E-state index in [9.17, 15) is 8.78 Å². The maximum Gasteiger partial charge on any atom is 0.260 e. The molecular weight excluding hydrogens is 124 g/mol. The van der Waals surface area contributed by atoms with Gasteiger partial charge in [0.1, 0.15) is 0 Å². The van der Waals surface area contributed by atoms with Gasteiger partial charge in [-0.15, -0.1) is 0 Å². The Morgan fingerprint density at radius 3 is 2.56 bits per heavy atom. The Morgan fingerprint density at radius 1 is 1.56 bits per heavy atom. The van der Waals surface area contributed by atoms with E-state index in [1.165, 1.54) is 0 Å². The van der Waals surface area contributed by atoms with E-state index in [4.69, 9.17) is 0 Å². The standard InChI is InChI=1S/C6H10F2N/c1-9-4-2-3-6(7,8)5-9/h2H,3-5H2,1H3. The third kappa shape index (κ3) is 1.90. The summed E-state index contributed by atoms with van der Waals surface area (Å²) in [5.74, 6) is -2.48. The van der Waals surface area contributed by atoms with Crippen LogP contribution in [0.4, 0.5) is 8.78 Å². The van der Waals surface area contributed by atoms with Gasteiger partial charge in [0.2, 0.25) is 0 Å². The van der Waals surface area contributed by atoms with Gasteiger partial charge in [-0.3, -0.25) is 0 Å². The molecule has 1 aliphatic heterocycles. The van der Waals surface area contributed by atoms with Crippen molar-refractivity contribution in [2.24, 2.45) is 0 Å². The minimum absolute atomic E-state index is 0.0582. The Kier molecular flexibility index (Phi) is 1.70. The molecule has 9 heavy (non-hydrogen) atoms. The first-order chi connectivity index (χ1) is 4.10. The number of hydrogen-bond donors (Lipinski definition) is 0. The molecule has 1 nitrogen and oxygen atoms in total. The van der Waals surface area contributed by atoms with E-state index in [0.717, 1.165) is 0 Å². The smallest absolute Gasteiger partial charge is 0.260 e. The van der Waals surface area contributed by atoms with Crippen LogP contribution in [-0.2, 0) is 0 Å². The lowest BCUT2D eigenvalue weighted by Gasteiger charge is -2.28. The highest BCUT2D eigenvalue weighted by atomic mass is 19.3. The predicted molar refractivity (Wildman–Crippen MR) is 31.4 cm³/mol. The van der Waals surface area contributed by atoms with Gasteiger partial charge in [0.25, 0.3) is 5.92 Å². The van der Waals surface area contributed by atoms with Crippen LogP contribution in [0.15, 0.2) is 0 Å². The van der Waals surface area contributed by atoms with E-state index in [1.807, 2.05) is 0 Å². The number of rotatable bonds is 0. The third-order valence-corrected chi connectivity index (χ3v) is 1.38. The molecule has 1 radical (unpaired) electrons. The number of piperidine rings is 1. The Hall–Kier alpha value is -0.180. The Labute approximate surface area is 53.6 Å². The van der Waals surface area contributed by atoms with Crippen LogP contribution in [0.25, 0.3) is 0 Å². The van der Waals surface area contributed by atoms with Crippen molar-refractivity contribution in [1.82, 2.24) is 4.90 Å². The number of likely N-dealkylation sites (tertiary alicyclic amines) is 1. The molecule has 0 amide bonds. The summed E-state index contributed by atoms with van der Waals surface area (Å²) in [4.78, 5) is 1.61. The van der Waals surface area contributed by atoms with Crippen LogP contribution in [0.2, 0.25) is 0 Å². The molecule has 1 aliphatic rings. The molecular formula is C6H10F2N. The van der Waals surface area contributed by atoms with E-state index in [2.05, 4.69) is 0 Å². The fourth-order valence-corrected chi connectivity index (χ4v) is 1.02. The van der Waals surface area contributed by atoms with Crippen molar-refractivity contribution >= 4 is 0 Å². The van der Waals surface area contributed by atoms with Gasteiger partial charge in [-0.05, 0) is 13.5 Å². The summed E-state index contributed by atoms with van der Waals surface area (Å²) in [6.45, 7) is 0.596. The average molecular weight is 134 g/mol. The second-order valence-electron chi connectivity index (χ2n) is 2.55. The van der Waals surface area contributed by atoms with E-state index in [1.54, 1.807) is 18.4 Å². The van der Waals surface area contributed by atoms with Crippen molar-refractivity contribution in [1.29, 1.82) is 0 Å². The molecule has 1 fully saturated rings. The van der Waals surface area contributed by atoms with Crippen LogP contribution in [0, 0.1) is 6.42 Å². The van der Waals surface area contributed by atoms with Crippen molar-refractivity contribution < 1.29 is 8.78 Å². The van der Waals surface area contributed by atoms with Gasteiger partial charge in [0.15, 0.2) is 0 Å².